The summed E-state index contributed by atoms with van der Waals surface area (Å²) < 4.78 is 13.6. The zero-order valence-corrected chi connectivity index (χ0v) is 12.0. The molecule has 0 radical (unpaired) electrons. The first-order valence-electron chi connectivity index (χ1n) is 7.22. The lowest BCUT2D eigenvalue weighted by atomic mass is 9.85. The number of halogens is 1. The van der Waals surface area contributed by atoms with Crippen LogP contribution in [0.1, 0.15) is 49.8 Å². The summed E-state index contributed by atoms with van der Waals surface area (Å²) >= 11 is 0. The summed E-state index contributed by atoms with van der Waals surface area (Å²) in [5, 5.41) is 12.5. The maximum atomic E-state index is 13.6. The molecular weight excluding hydrogens is 257 g/mol. The minimum atomic E-state index is -0.683. The fourth-order valence-corrected chi connectivity index (χ4v) is 2.84. The Balaban J connectivity index is 1.90. The Kier molecular flexibility index (Phi) is 4.76. The maximum absolute atomic E-state index is 13.6. The normalized spacial score (nSPS) is 24.4. The van der Waals surface area contributed by atoms with E-state index >= 15 is 0 Å². The lowest BCUT2D eigenvalue weighted by Crippen LogP contribution is -2.36. The predicted molar refractivity (Wildman–Crippen MR) is 76.1 cm³/mol. The Bertz CT molecular complexity index is 481. The molecule has 1 aliphatic carbocycles. The van der Waals surface area contributed by atoms with Gasteiger partial charge >= 0.3 is 5.97 Å². The zero-order chi connectivity index (χ0) is 14.7. The van der Waals surface area contributed by atoms with Crippen LogP contribution in [0.2, 0.25) is 0 Å². The van der Waals surface area contributed by atoms with Crippen LogP contribution in [-0.4, -0.2) is 17.1 Å². The van der Waals surface area contributed by atoms with Gasteiger partial charge in [0, 0.05) is 12.1 Å². The third-order valence-corrected chi connectivity index (χ3v) is 4.26. The molecule has 1 aromatic carbocycles. The van der Waals surface area contributed by atoms with Crippen LogP contribution in [0.15, 0.2) is 18.2 Å². The SMILES string of the molecule is Cc1ccc(C(C)NC2CCC(C(=O)O)CC2)cc1F. The minimum Gasteiger partial charge on any atom is -0.481 e. The molecule has 4 heteroatoms. The first kappa shape index (κ1) is 15.0. The summed E-state index contributed by atoms with van der Waals surface area (Å²) in [7, 11) is 0. The molecule has 1 fully saturated rings. The van der Waals surface area contributed by atoms with Crippen LogP contribution in [0, 0.1) is 18.7 Å². The van der Waals surface area contributed by atoms with E-state index in [1.165, 1.54) is 0 Å². The van der Waals surface area contributed by atoms with Crippen molar-refractivity contribution in [2.75, 3.05) is 0 Å². The second-order valence-corrected chi connectivity index (χ2v) is 5.78. The predicted octanol–water partition coefficient (Wildman–Crippen LogP) is 3.43. The van der Waals surface area contributed by atoms with Gasteiger partial charge in [-0.1, -0.05) is 12.1 Å². The molecule has 0 aliphatic heterocycles. The molecular formula is C16H22FNO2. The molecule has 1 atom stereocenters. The summed E-state index contributed by atoms with van der Waals surface area (Å²) in [5.41, 5.74) is 1.59. The molecule has 0 bridgehead atoms. The summed E-state index contributed by atoms with van der Waals surface area (Å²) in [5.74, 6) is -1.05. The number of aryl methyl sites for hydroxylation is 1. The molecule has 0 saturated heterocycles. The van der Waals surface area contributed by atoms with Gasteiger partial charge in [0.2, 0.25) is 0 Å². The van der Waals surface area contributed by atoms with Crippen molar-refractivity contribution in [2.45, 2.75) is 51.6 Å². The Hall–Kier alpha value is -1.42. The highest BCUT2D eigenvalue weighted by Gasteiger charge is 2.26. The summed E-state index contributed by atoms with van der Waals surface area (Å²) in [6.07, 6.45) is 3.19. The van der Waals surface area contributed by atoms with Crippen LogP contribution in [0.3, 0.4) is 0 Å². The number of benzene rings is 1. The van der Waals surface area contributed by atoms with Crippen molar-refractivity contribution in [3.05, 3.63) is 35.1 Å². The van der Waals surface area contributed by atoms with Crippen molar-refractivity contribution >= 4 is 5.97 Å². The molecule has 0 heterocycles. The number of hydrogen-bond acceptors (Lipinski definition) is 2. The monoisotopic (exact) mass is 279 g/mol. The standard InChI is InChI=1S/C16H22FNO2/c1-10-3-4-13(9-15(10)17)11(2)18-14-7-5-12(6-8-14)16(19)20/h3-4,9,11-12,14,18H,5-8H2,1-2H3,(H,19,20). The quantitative estimate of drug-likeness (QED) is 0.887. The number of aliphatic carboxylic acids is 1. The third-order valence-electron chi connectivity index (χ3n) is 4.26. The average Bonchev–Trinajstić information content (AvgIpc) is 2.42. The highest BCUT2D eigenvalue weighted by atomic mass is 19.1. The Morgan fingerprint density at radius 1 is 1.35 bits per heavy atom. The van der Waals surface area contributed by atoms with E-state index in [2.05, 4.69) is 5.32 Å². The highest BCUT2D eigenvalue weighted by molar-refractivity contribution is 5.70. The van der Waals surface area contributed by atoms with Gasteiger partial charge in [-0.25, -0.2) is 4.39 Å². The van der Waals surface area contributed by atoms with Crippen molar-refractivity contribution in [2.24, 2.45) is 5.92 Å². The Morgan fingerprint density at radius 3 is 2.55 bits per heavy atom. The van der Waals surface area contributed by atoms with Crippen molar-refractivity contribution in [1.29, 1.82) is 0 Å². The first-order valence-corrected chi connectivity index (χ1v) is 7.22. The zero-order valence-electron chi connectivity index (χ0n) is 12.0. The Labute approximate surface area is 119 Å². The van der Waals surface area contributed by atoms with Gasteiger partial charge in [-0.15, -0.1) is 0 Å². The number of carboxylic acid groups (broad SMARTS) is 1. The van der Waals surface area contributed by atoms with Gasteiger partial charge in [0.1, 0.15) is 5.82 Å². The van der Waals surface area contributed by atoms with Crippen LogP contribution >= 0.6 is 0 Å². The average molecular weight is 279 g/mol. The van der Waals surface area contributed by atoms with Crippen LogP contribution in [0.4, 0.5) is 4.39 Å². The molecule has 20 heavy (non-hydrogen) atoms. The van der Waals surface area contributed by atoms with Gasteiger partial charge in [-0.2, -0.15) is 0 Å². The lowest BCUT2D eigenvalue weighted by Gasteiger charge is -2.29. The van der Waals surface area contributed by atoms with Crippen molar-refractivity contribution < 1.29 is 14.3 Å². The Morgan fingerprint density at radius 2 is 2.00 bits per heavy atom. The minimum absolute atomic E-state index is 0.0801. The van der Waals surface area contributed by atoms with E-state index < -0.39 is 5.97 Å². The number of nitrogens with one attached hydrogen (secondary N) is 1. The van der Waals surface area contributed by atoms with Gasteiger partial charge in [-0.05, 0) is 56.7 Å². The van der Waals surface area contributed by atoms with Crippen LogP contribution in [0.5, 0.6) is 0 Å². The van der Waals surface area contributed by atoms with E-state index in [9.17, 15) is 9.18 Å². The maximum Gasteiger partial charge on any atom is 0.306 e. The van der Waals surface area contributed by atoms with Gasteiger partial charge in [-0.3, -0.25) is 4.79 Å². The highest BCUT2D eigenvalue weighted by Crippen LogP contribution is 2.26. The molecule has 2 N–H and O–H groups in total. The second kappa shape index (κ2) is 6.35. The van der Waals surface area contributed by atoms with Gasteiger partial charge < -0.3 is 10.4 Å². The smallest absolute Gasteiger partial charge is 0.306 e. The molecule has 1 aromatic rings. The molecule has 1 unspecified atom stereocenters. The summed E-state index contributed by atoms with van der Waals surface area (Å²) in [6, 6.07) is 5.72. The van der Waals surface area contributed by atoms with Gasteiger partial charge in [0.05, 0.1) is 5.92 Å². The molecule has 3 nitrogen and oxygen atoms in total. The van der Waals surface area contributed by atoms with E-state index in [1.807, 2.05) is 13.0 Å². The number of rotatable bonds is 4. The van der Waals surface area contributed by atoms with Crippen molar-refractivity contribution in [3.63, 3.8) is 0 Å². The van der Waals surface area contributed by atoms with Gasteiger partial charge in [0.25, 0.3) is 0 Å². The molecule has 0 spiro atoms. The van der Waals surface area contributed by atoms with Gasteiger partial charge in [0.15, 0.2) is 0 Å². The molecule has 0 aromatic heterocycles. The number of carboxylic acids is 1. The number of hydrogen-bond donors (Lipinski definition) is 2. The lowest BCUT2D eigenvalue weighted by molar-refractivity contribution is -0.142. The van der Waals surface area contributed by atoms with E-state index in [4.69, 9.17) is 5.11 Å². The molecule has 0 amide bonds. The van der Waals surface area contributed by atoms with Crippen molar-refractivity contribution in [3.8, 4) is 0 Å². The molecule has 1 aliphatic rings. The third kappa shape index (κ3) is 3.57. The van der Waals surface area contributed by atoms with E-state index in [0.717, 1.165) is 31.2 Å². The first-order chi connectivity index (χ1) is 9.47. The fraction of sp³-hybridized carbons (Fsp3) is 0.562. The van der Waals surface area contributed by atoms with E-state index in [1.54, 1.807) is 19.1 Å². The summed E-state index contributed by atoms with van der Waals surface area (Å²) in [4.78, 5) is 10.9. The van der Waals surface area contributed by atoms with Crippen molar-refractivity contribution in [1.82, 2.24) is 5.32 Å². The number of carbonyl (C=O) groups is 1. The van der Waals surface area contributed by atoms with Crippen LogP contribution in [-0.2, 0) is 4.79 Å². The molecule has 1 saturated carbocycles. The molecule has 2 rings (SSSR count). The van der Waals surface area contributed by atoms with E-state index in [0.29, 0.717) is 11.6 Å². The van der Waals surface area contributed by atoms with Crippen LogP contribution < -0.4 is 5.32 Å². The summed E-state index contributed by atoms with van der Waals surface area (Å²) in [6.45, 7) is 3.78. The van der Waals surface area contributed by atoms with E-state index in [-0.39, 0.29) is 17.8 Å². The second-order valence-electron chi connectivity index (χ2n) is 5.78. The van der Waals surface area contributed by atoms with Crippen LogP contribution in [0.25, 0.3) is 0 Å². The molecule has 110 valence electrons. The largest absolute Gasteiger partial charge is 0.481 e. The topological polar surface area (TPSA) is 49.3 Å². The fourth-order valence-electron chi connectivity index (χ4n) is 2.84.